The molecular formula is C9H13F6NO. The van der Waals surface area contributed by atoms with E-state index in [9.17, 15) is 31.1 Å². The van der Waals surface area contributed by atoms with E-state index in [1.807, 2.05) is 0 Å². The van der Waals surface area contributed by atoms with Gasteiger partial charge in [-0.2, -0.15) is 26.3 Å². The van der Waals surface area contributed by atoms with E-state index in [0.717, 1.165) is 0 Å². The van der Waals surface area contributed by atoms with E-state index in [2.05, 4.69) is 0 Å². The molecule has 0 aliphatic heterocycles. The summed E-state index contributed by atoms with van der Waals surface area (Å²) in [6.45, 7) is 3.70. The fourth-order valence-corrected chi connectivity index (χ4v) is 0.884. The summed E-state index contributed by atoms with van der Waals surface area (Å²) in [6.07, 6.45) is -11.4. The summed E-state index contributed by atoms with van der Waals surface area (Å²) in [4.78, 5) is 11.2. The third-order valence-electron chi connectivity index (χ3n) is 2.08. The highest BCUT2D eigenvalue weighted by Crippen LogP contribution is 2.50. The largest absolute Gasteiger partial charge is 0.411 e. The predicted molar refractivity (Wildman–Crippen MR) is 48.1 cm³/mol. The molecule has 0 aromatic carbocycles. The van der Waals surface area contributed by atoms with Gasteiger partial charge in [0.25, 0.3) is 0 Å². The zero-order chi connectivity index (χ0) is 14.3. The molecule has 0 heterocycles. The van der Waals surface area contributed by atoms with Crippen molar-refractivity contribution in [1.29, 1.82) is 0 Å². The van der Waals surface area contributed by atoms with E-state index in [1.54, 1.807) is 5.32 Å². The number of alkyl halides is 6. The van der Waals surface area contributed by atoms with Crippen molar-refractivity contribution in [2.75, 3.05) is 0 Å². The van der Waals surface area contributed by atoms with Gasteiger partial charge in [0.15, 0.2) is 0 Å². The van der Waals surface area contributed by atoms with Crippen molar-refractivity contribution in [3.05, 3.63) is 0 Å². The molecule has 0 aliphatic carbocycles. The summed E-state index contributed by atoms with van der Waals surface area (Å²) in [6, 6.07) is 0. The van der Waals surface area contributed by atoms with Crippen LogP contribution in [0, 0.1) is 5.41 Å². The molecule has 0 fully saturated rings. The molecule has 0 spiro atoms. The molecule has 0 radical (unpaired) electrons. The summed E-state index contributed by atoms with van der Waals surface area (Å²) in [7, 11) is 0. The Morgan fingerprint density at radius 3 is 1.29 bits per heavy atom. The second kappa shape index (κ2) is 4.06. The highest BCUT2D eigenvalue weighted by Gasteiger charge is 2.72. The van der Waals surface area contributed by atoms with Gasteiger partial charge in [-0.25, -0.2) is 0 Å². The number of amides is 1. The number of rotatable bonds is 1. The molecule has 0 saturated carbocycles. The molecule has 1 amide bonds. The Hall–Kier alpha value is -0.950. The number of hydrogen-bond donors (Lipinski definition) is 1. The number of carbonyl (C=O) groups is 1. The van der Waals surface area contributed by atoms with Crippen molar-refractivity contribution in [2.24, 2.45) is 5.41 Å². The Morgan fingerprint density at radius 2 is 1.12 bits per heavy atom. The topological polar surface area (TPSA) is 29.1 Å². The van der Waals surface area contributed by atoms with E-state index < -0.39 is 29.2 Å². The Bertz CT molecular complexity index is 284. The van der Waals surface area contributed by atoms with E-state index in [1.165, 1.54) is 20.8 Å². The van der Waals surface area contributed by atoms with Crippen LogP contribution in [0.4, 0.5) is 26.3 Å². The van der Waals surface area contributed by atoms with E-state index >= 15 is 0 Å². The Labute approximate surface area is 94.4 Å². The van der Waals surface area contributed by atoms with Crippen molar-refractivity contribution in [3.63, 3.8) is 0 Å². The van der Waals surface area contributed by atoms with Gasteiger partial charge in [-0.15, -0.1) is 0 Å². The van der Waals surface area contributed by atoms with Crippen LogP contribution in [0.15, 0.2) is 0 Å². The van der Waals surface area contributed by atoms with Crippen LogP contribution < -0.4 is 5.32 Å². The fraction of sp³-hybridized carbons (Fsp3) is 0.889. The van der Waals surface area contributed by atoms with Crippen molar-refractivity contribution in [2.45, 2.75) is 45.6 Å². The zero-order valence-corrected chi connectivity index (χ0v) is 9.68. The number of halogens is 6. The smallest absolute Gasteiger partial charge is 0.350 e. The Balaban J connectivity index is 5.46. The van der Waals surface area contributed by atoms with E-state index in [0.29, 0.717) is 0 Å². The summed E-state index contributed by atoms with van der Waals surface area (Å²) in [5.74, 6) is -2.11. The first kappa shape index (κ1) is 16.1. The van der Waals surface area contributed by atoms with Crippen LogP contribution in [0.1, 0.15) is 27.7 Å². The molecule has 1 N–H and O–H groups in total. The lowest BCUT2D eigenvalue weighted by atomic mass is 9.86. The lowest BCUT2D eigenvalue weighted by Crippen LogP contribution is -2.60. The lowest BCUT2D eigenvalue weighted by Gasteiger charge is -2.35. The Morgan fingerprint density at radius 1 is 0.824 bits per heavy atom. The lowest BCUT2D eigenvalue weighted by molar-refractivity contribution is -0.319. The van der Waals surface area contributed by atoms with Crippen LogP contribution in [-0.2, 0) is 4.79 Å². The second-order valence-electron chi connectivity index (χ2n) is 4.82. The molecule has 0 atom stereocenters. The quantitative estimate of drug-likeness (QED) is 0.725. The van der Waals surface area contributed by atoms with E-state index in [-0.39, 0.29) is 6.92 Å². The number of nitrogens with one attached hydrogen (secondary N) is 1. The first-order valence-corrected chi connectivity index (χ1v) is 4.59. The van der Waals surface area contributed by atoms with Crippen LogP contribution in [0.3, 0.4) is 0 Å². The number of carbonyl (C=O) groups excluding carboxylic acids is 1. The summed E-state index contributed by atoms with van der Waals surface area (Å²) in [5, 5.41) is 1.69. The van der Waals surface area contributed by atoms with Gasteiger partial charge in [-0.05, 0) is 27.7 Å². The molecule has 0 aliphatic rings. The van der Waals surface area contributed by atoms with Crippen molar-refractivity contribution < 1.29 is 31.1 Å². The first-order valence-electron chi connectivity index (χ1n) is 4.59. The normalized spacial score (nSPS) is 14.7. The van der Waals surface area contributed by atoms with Gasteiger partial charge in [0.2, 0.25) is 11.3 Å². The van der Waals surface area contributed by atoms with Crippen LogP contribution in [0.2, 0.25) is 0 Å². The third kappa shape index (κ3) is 3.26. The average Bonchev–Trinajstić information content (AvgIpc) is 1.94. The summed E-state index contributed by atoms with van der Waals surface area (Å²) < 4.78 is 74.7. The standard InChI is InChI=1S/C9H13F6NO/c1-6(2,3)16-5(17)7(4,8(10,11)12)9(13,14)15/h1-4H3,(H,16,17). The molecule has 102 valence electrons. The molecule has 0 bridgehead atoms. The minimum absolute atomic E-state index is 0.173. The van der Waals surface area contributed by atoms with Crippen molar-refractivity contribution in [3.8, 4) is 0 Å². The maximum absolute atomic E-state index is 12.4. The van der Waals surface area contributed by atoms with Gasteiger partial charge < -0.3 is 5.32 Å². The molecule has 8 heteroatoms. The highest BCUT2D eigenvalue weighted by atomic mass is 19.4. The minimum atomic E-state index is -5.71. The fourth-order valence-electron chi connectivity index (χ4n) is 0.884. The Kier molecular flexibility index (Phi) is 3.83. The monoisotopic (exact) mass is 265 g/mol. The van der Waals surface area contributed by atoms with Gasteiger partial charge >= 0.3 is 12.4 Å². The molecule has 0 aromatic heterocycles. The van der Waals surface area contributed by atoms with Crippen LogP contribution >= 0.6 is 0 Å². The van der Waals surface area contributed by atoms with Gasteiger partial charge in [0, 0.05) is 5.54 Å². The molecule has 0 aromatic rings. The van der Waals surface area contributed by atoms with Crippen molar-refractivity contribution >= 4 is 5.91 Å². The zero-order valence-electron chi connectivity index (χ0n) is 9.68. The minimum Gasteiger partial charge on any atom is -0.350 e. The van der Waals surface area contributed by atoms with Gasteiger partial charge in [0.1, 0.15) is 0 Å². The highest BCUT2D eigenvalue weighted by molar-refractivity contribution is 5.84. The summed E-state index contributed by atoms with van der Waals surface area (Å²) in [5.41, 5.74) is -5.60. The maximum atomic E-state index is 12.4. The van der Waals surface area contributed by atoms with Gasteiger partial charge in [0.05, 0.1) is 0 Å². The van der Waals surface area contributed by atoms with Gasteiger partial charge in [-0.1, -0.05) is 0 Å². The van der Waals surface area contributed by atoms with Gasteiger partial charge in [-0.3, -0.25) is 4.79 Å². The first-order chi connectivity index (χ1) is 7.13. The van der Waals surface area contributed by atoms with Crippen LogP contribution in [0.5, 0.6) is 0 Å². The molecule has 17 heavy (non-hydrogen) atoms. The predicted octanol–water partition coefficient (Wildman–Crippen LogP) is 3.03. The second-order valence-corrected chi connectivity index (χ2v) is 4.82. The SMILES string of the molecule is CC(C)(C)NC(=O)C(C)(C(F)(F)F)C(F)(F)F. The van der Waals surface area contributed by atoms with E-state index in [4.69, 9.17) is 0 Å². The maximum Gasteiger partial charge on any atom is 0.411 e. The average molecular weight is 265 g/mol. The molecule has 2 nitrogen and oxygen atoms in total. The number of hydrogen-bond acceptors (Lipinski definition) is 1. The summed E-state index contributed by atoms with van der Waals surface area (Å²) >= 11 is 0. The third-order valence-corrected chi connectivity index (χ3v) is 2.08. The van der Waals surface area contributed by atoms with Crippen molar-refractivity contribution in [1.82, 2.24) is 5.32 Å². The molecule has 0 unspecified atom stereocenters. The van der Waals surface area contributed by atoms with Crippen LogP contribution in [0.25, 0.3) is 0 Å². The molecular weight excluding hydrogens is 252 g/mol. The molecule has 0 saturated heterocycles. The van der Waals surface area contributed by atoms with Crippen LogP contribution in [-0.4, -0.2) is 23.8 Å². The molecule has 0 rings (SSSR count).